The number of sulfonamides is 1. The molecule has 0 spiro atoms. The zero-order chi connectivity index (χ0) is 31.7. The van der Waals surface area contributed by atoms with Crippen LogP contribution in [0.1, 0.15) is 32.3 Å². The number of rotatable bonds is 10. The summed E-state index contributed by atoms with van der Waals surface area (Å²) in [5.74, 6) is -5.20. The van der Waals surface area contributed by atoms with Crippen LogP contribution >= 0.6 is 0 Å². The number of anilines is 2. The highest BCUT2D eigenvalue weighted by molar-refractivity contribution is 7.92. The molecule has 0 radical (unpaired) electrons. The Balaban J connectivity index is 1.48. The summed E-state index contributed by atoms with van der Waals surface area (Å²) in [6.45, 7) is 5.27. The first-order valence-electron chi connectivity index (χ1n) is 14.0. The molecule has 5 rings (SSSR count). The van der Waals surface area contributed by atoms with Crippen molar-refractivity contribution in [2.24, 2.45) is 0 Å². The summed E-state index contributed by atoms with van der Waals surface area (Å²) in [6.07, 6.45) is 2.67. The van der Waals surface area contributed by atoms with Gasteiger partial charge in [-0.05, 0) is 49.7 Å². The van der Waals surface area contributed by atoms with Crippen LogP contribution in [0.25, 0.3) is 22.0 Å². The quantitative estimate of drug-likeness (QED) is 0.177. The summed E-state index contributed by atoms with van der Waals surface area (Å²) < 4.78 is 90.7. The van der Waals surface area contributed by atoms with Gasteiger partial charge in [-0.25, -0.2) is 40.9 Å². The minimum absolute atomic E-state index is 0.112. The van der Waals surface area contributed by atoms with Gasteiger partial charge in [-0.3, -0.25) is 4.72 Å². The van der Waals surface area contributed by atoms with Gasteiger partial charge in [0.1, 0.15) is 23.0 Å². The Morgan fingerprint density at radius 2 is 1.89 bits per heavy atom. The third-order valence-corrected chi connectivity index (χ3v) is 8.58. The van der Waals surface area contributed by atoms with E-state index in [2.05, 4.69) is 25.6 Å². The van der Waals surface area contributed by atoms with Crippen molar-refractivity contribution in [1.29, 1.82) is 0 Å². The molecule has 44 heavy (non-hydrogen) atoms. The lowest BCUT2D eigenvalue weighted by atomic mass is 9.95. The zero-order valence-corrected chi connectivity index (χ0v) is 25.1. The maximum atomic E-state index is 14.9. The highest BCUT2D eigenvalue weighted by Crippen LogP contribution is 2.40. The molecule has 3 N–H and O–H groups in total. The Morgan fingerprint density at radius 3 is 2.64 bits per heavy atom. The number of hydrogen-bond acceptors (Lipinski definition) is 8. The Bertz CT molecular complexity index is 1790. The van der Waals surface area contributed by atoms with Crippen molar-refractivity contribution in [1.82, 2.24) is 20.3 Å². The maximum absolute atomic E-state index is 14.9. The van der Waals surface area contributed by atoms with E-state index in [1.807, 2.05) is 4.72 Å². The highest BCUT2D eigenvalue weighted by Gasteiger charge is 2.34. The van der Waals surface area contributed by atoms with Crippen LogP contribution in [0.2, 0.25) is 0 Å². The molecule has 9 nitrogen and oxygen atoms in total. The molecule has 1 saturated heterocycles. The normalized spacial score (nSPS) is 19.1. The van der Waals surface area contributed by atoms with Crippen LogP contribution in [0.3, 0.4) is 0 Å². The summed E-state index contributed by atoms with van der Waals surface area (Å²) in [6, 6.07) is 10.4. The number of fused-ring (bicyclic) bond motifs is 1. The summed E-state index contributed by atoms with van der Waals surface area (Å²) in [7, 11) is -4.60. The predicted octanol–water partition coefficient (Wildman–Crippen LogP) is 6.22. The van der Waals surface area contributed by atoms with Gasteiger partial charge in [0, 0.05) is 55.1 Å². The minimum atomic E-state index is -4.60. The van der Waals surface area contributed by atoms with Gasteiger partial charge >= 0.3 is 0 Å². The van der Waals surface area contributed by atoms with E-state index in [-0.39, 0.29) is 36.0 Å². The number of benzene rings is 2. The molecule has 234 valence electrons. The fourth-order valence-corrected chi connectivity index (χ4v) is 6.41. The molecule has 0 amide bonds. The van der Waals surface area contributed by atoms with Crippen molar-refractivity contribution in [3.8, 4) is 22.9 Å². The van der Waals surface area contributed by atoms with Crippen LogP contribution in [0, 0.1) is 12.7 Å². The first kappa shape index (κ1) is 31.4. The number of halogens is 4. The number of alkyl halides is 3. The van der Waals surface area contributed by atoms with Gasteiger partial charge in [0.15, 0.2) is 0 Å². The number of aromatic nitrogens is 3. The van der Waals surface area contributed by atoms with E-state index in [4.69, 9.17) is 4.74 Å². The van der Waals surface area contributed by atoms with Crippen molar-refractivity contribution < 1.29 is 30.7 Å². The molecule has 0 aliphatic carbocycles. The van der Waals surface area contributed by atoms with Crippen LogP contribution in [0.15, 0.2) is 54.9 Å². The molecule has 0 unspecified atom stereocenters. The van der Waals surface area contributed by atoms with Crippen molar-refractivity contribution in [3.63, 3.8) is 0 Å². The van der Waals surface area contributed by atoms with E-state index >= 15 is 0 Å². The van der Waals surface area contributed by atoms with E-state index in [0.29, 0.717) is 34.7 Å². The lowest BCUT2D eigenvalue weighted by molar-refractivity contribution is 0.0219. The molecule has 2 aromatic heterocycles. The molecule has 1 aliphatic rings. The van der Waals surface area contributed by atoms with E-state index in [9.17, 15) is 26.0 Å². The standard InChI is InChI=1S/C30H32F4N6O3S/c1-4-30(33,34)17-44(41,42)40-25-20-8-7-18(2)26(21(20)9-10-23(25)31)43-27-22(6-5-12-36-27)24-11-13-37-28(39-24)38-19-14-29(3,32)16-35-15-19/h5-13,19,35,40H,4,14-17H2,1-3H3,(H,37,38,39)/t19-,29-/m0/s1. The molecule has 1 fully saturated rings. The minimum Gasteiger partial charge on any atom is -0.437 e. The number of nitrogens with zero attached hydrogens (tertiary/aromatic N) is 3. The van der Waals surface area contributed by atoms with E-state index in [1.165, 1.54) is 32.2 Å². The molecular formula is C30H32F4N6O3S. The van der Waals surface area contributed by atoms with Crippen LogP contribution < -0.4 is 20.1 Å². The molecule has 14 heteroatoms. The average molecular weight is 633 g/mol. The SMILES string of the molecule is CCC(F)(F)CS(=O)(=O)Nc1c(F)ccc2c(Oc3ncccc3-c3ccnc(N[C@@H]4CNC[C@@](C)(F)C4)n3)c(C)ccc12. The van der Waals surface area contributed by atoms with Crippen molar-refractivity contribution >= 4 is 32.4 Å². The Hall–Kier alpha value is -4.04. The predicted molar refractivity (Wildman–Crippen MR) is 161 cm³/mol. The second-order valence-electron chi connectivity index (χ2n) is 11.1. The van der Waals surface area contributed by atoms with E-state index < -0.39 is 45.3 Å². The molecule has 2 aromatic carbocycles. The lowest BCUT2D eigenvalue weighted by Gasteiger charge is -2.33. The van der Waals surface area contributed by atoms with Gasteiger partial charge in [-0.2, -0.15) is 0 Å². The third kappa shape index (κ3) is 7.18. The van der Waals surface area contributed by atoms with E-state index in [0.717, 1.165) is 6.07 Å². The summed E-state index contributed by atoms with van der Waals surface area (Å²) in [5, 5.41) is 6.67. The van der Waals surface area contributed by atoms with Gasteiger partial charge in [0.05, 0.1) is 16.9 Å². The second-order valence-corrected chi connectivity index (χ2v) is 12.8. The Labute approximate surface area is 252 Å². The Morgan fingerprint density at radius 1 is 1.11 bits per heavy atom. The molecule has 3 heterocycles. The third-order valence-electron chi connectivity index (χ3n) is 7.26. The molecule has 4 aromatic rings. The largest absolute Gasteiger partial charge is 0.437 e. The monoisotopic (exact) mass is 632 g/mol. The molecule has 1 aliphatic heterocycles. The van der Waals surface area contributed by atoms with Crippen LogP contribution in [0.4, 0.5) is 29.2 Å². The van der Waals surface area contributed by atoms with Crippen molar-refractivity contribution in [2.75, 3.05) is 28.9 Å². The topological polar surface area (TPSA) is 118 Å². The van der Waals surface area contributed by atoms with E-state index in [1.54, 1.807) is 37.4 Å². The Kier molecular flexibility index (Phi) is 8.67. The van der Waals surface area contributed by atoms with Gasteiger partial charge in [0.2, 0.25) is 21.9 Å². The summed E-state index contributed by atoms with van der Waals surface area (Å²) in [4.78, 5) is 13.3. The van der Waals surface area contributed by atoms with Gasteiger partial charge in [0.25, 0.3) is 5.92 Å². The van der Waals surface area contributed by atoms with Crippen LogP contribution in [-0.4, -0.2) is 59.8 Å². The highest BCUT2D eigenvalue weighted by atomic mass is 32.2. The average Bonchev–Trinajstić information content (AvgIpc) is 2.95. The van der Waals surface area contributed by atoms with Gasteiger partial charge in [-0.1, -0.05) is 19.1 Å². The number of hydrogen-bond donors (Lipinski definition) is 3. The first-order valence-corrected chi connectivity index (χ1v) is 15.6. The zero-order valence-electron chi connectivity index (χ0n) is 24.3. The number of nitrogens with one attached hydrogen (secondary N) is 3. The summed E-state index contributed by atoms with van der Waals surface area (Å²) in [5.41, 5.74) is -0.246. The fraction of sp³-hybridized carbons (Fsp3) is 0.367. The molecular weight excluding hydrogens is 600 g/mol. The van der Waals surface area contributed by atoms with Gasteiger partial charge in [-0.15, -0.1) is 0 Å². The first-order chi connectivity index (χ1) is 20.8. The number of pyridine rings is 1. The second kappa shape index (κ2) is 12.2. The van der Waals surface area contributed by atoms with Crippen molar-refractivity contribution in [2.45, 2.75) is 51.2 Å². The smallest absolute Gasteiger partial charge is 0.263 e. The van der Waals surface area contributed by atoms with Crippen LogP contribution in [-0.2, 0) is 10.0 Å². The molecule has 0 saturated carbocycles. The summed E-state index contributed by atoms with van der Waals surface area (Å²) >= 11 is 0. The number of piperidine rings is 1. The molecule has 2 atom stereocenters. The molecule has 0 bridgehead atoms. The van der Waals surface area contributed by atoms with Crippen LogP contribution in [0.5, 0.6) is 11.6 Å². The van der Waals surface area contributed by atoms with Crippen molar-refractivity contribution in [3.05, 3.63) is 66.2 Å². The fourth-order valence-electron chi connectivity index (χ4n) is 5.06. The van der Waals surface area contributed by atoms with Gasteiger partial charge < -0.3 is 15.4 Å². The maximum Gasteiger partial charge on any atom is 0.263 e. The lowest BCUT2D eigenvalue weighted by Crippen LogP contribution is -2.50. The number of aryl methyl sites for hydroxylation is 1. The number of ether oxygens (including phenoxy) is 1.